The van der Waals surface area contributed by atoms with Crippen LogP contribution in [0.5, 0.6) is 5.75 Å². The predicted octanol–water partition coefficient (Wildman–Crippen LogP) is 3.73. The summed E-state index contributed by atoms with van der Waals surface area (Å²) in [6, 6.07) is 15.1. The van der Waals surface area contributed by atoms with Crippen LogP contribution in [0.15, 0.2) is 53.7 Å². The van der Waals surface area contributed by atoms with Crippen LogP contribution in [0.1, 0.15) is 5.56 Å². The summed E-state index contributed by atoms with van der Waals surface area (Å²) >= 11 is 7.18. The minimum Gasteiger partial charge on any atom is -0.492 e. The molecule has 146 valence electrons. The van der Waals surface area contributed by atoms with Crippen molar-refractivity contribution in [1.82, 2.24) is 20.1 Å². The zero-order valence-electron chi connectivity index (χ0n) is 15.7. The van der Waals surface area contributed by atoms with Crippen LogP contribution in [0.3, 0.4) is 0 Å². The highest BCUT2D eigenvalue weighted by Gasteiger charge is 2.14. The van der Waals surface area contributed by atoms with Crippen molar-refractivity contribution < 1.29 is 9.53 Å². The molecule has 0 aliphatic heterocycles. The first-order valence-corrected chi connectivity index (χ1v) is 10.1. The molecule has 1 heterocycles. The van der Waals surface area contributed by atoms with Crippen molar-refractivity contribution in [3.63, 3.8) is 0 Å². The molecule has 0 aliphatic carbocycles. The summed E-state index contributed by atoms with van der Waals surface area (Å²) in [7, 11) is 1.90. The molecule has 0 radical (unpaired) electrons. The number of carbonyl (C=O) groups excluding carboxylic acids is 1. The van der Waals surface area contributed by atoms with E-state index in [4.69, 9.17) is 16.3 Å². The minimum atomic E-state index is -0.0786. The van der Waals surface area contributed by atoms with E-state index in [2.05, 4.69) is 15.5 Å². The molecule has 8 heteroatoms. The SMILES string of the molecule is Cc1ccccc1-c1nnc(SCC(=O)NCCOc2ccc(Cl)cc2)n1C. The van der Waals surface area contributed by atoms with E-state index in [1.807, 2.05) is 42.8 Å². The number of hydrogen-bond acceptors (Lipinski definition) is 5. The van der Waals surface area contributed by atoms with Crippen molar-refractivity contribution in [2.45, 2.75) is 12.1 Å². The van der Waals surface area contributed by atoms with Gasteiger partial charge in [0.15, 0.2) is 11.0 Å². The summed E-state index contributed by atoms with van der Waals surface area (Å²) in [6.45, 7) is 2.85. The van der Waals surface area contributed by atoms with Gasteiger partial charge in [-0.2, -0.15) is 0 Å². The molecule has 0 saturated heterocycles. The highest BCUT2D eigenvalue weighted by Crippen LogP contribution is 2.24. The van der Waals surface area contributed by atoms with Gasteiger partial charge in [0.25, 0.3) is 0 Å². The number of ether oxygens (including phenoxy) is 1. The molecule has 6 nitrogen and oxygen atoms in total. The monoisotopic (exact) mass is 416 g/mol. The Kier molecular flexibility index (Phi) is 6.95. The molecule has 1 aromatic heterocycles. The van der Waals surface area contributed by atoms with Crippen LogP contribution < -0.4 is 10.1 Å². The molecule has 0 saturated carbocycles. The van der Waals surface area contributed by atoms with Gasteiger partial charge >= 0.3 is 0 Å². The molecule has 3 aromatic rings. The lowest BCUT2D eigenvalue weighted by atomic mass is 10.1. The number of rotatable bonds is 8. The molecule has 2 aromatic carbocycles. The zero-order valence-corrected chi connectivity index (χ0v) is 17.3. The van der Waals surface area contributed by atoms with Crippen molar-refractivity contribution in [1.29, 1.82) is 0 Å². The maximum Gasteiger partial charge on any atom is 0.230 e. The Balaban J connectivity index is 1.45. The van der Waals surface area contributed by atoms with Crippen LogP contribution >= 0.6 is 23.4 Å². The maximum absolute atomic E-state index is 12.1. The second kappa shape index (κ2) is 9.61. The molecule has 0 aliphatic rings. The number of aromatic nitrogens is 3. The van der Waals surface area contributed by atoms with Gasteiger partial charge in [0.05, 0.1) is 12.3 Å². The van der Waals surface area contributed by atoms with Gasteiger partial charge in [0.2, 0.25) is 5.91 Å². The number of carbonyl (C=O) groups is 1. The molecule has 0 atom stereocenters. The van der Waals surface area contributed by atoms with Crippen LogP contribution in [0.4, 0.5) is 0 Å². The Labute approximate surface area is 173 Å². The second-order valence-corrected chi connectivity index (χ2v) is 7.50. The standard InChI is InChI=1S/C20H21ClN4O2S/c1-14-5-3-4-6-17(14)19-23-24-20(25(19)2)28-13-18(26)22-11-12-27-16-9-7-15(21)8-10-16/h3-10H,11-13H2,1-2H3,(H,22,26). The van der Waals surface area contributed by atoms with E-state index in [1.54, 1.807) is 24.3 Å². The normalized spacial score (nSPS) is 10.7. The third kappa shape index (κ3) is 5.27. The lowest BCUT2D eigenvalue weighted by molar-refractivity contribution is -0.118. The molecule has 1 amide bonds. The summed E-state index contributed by atoms with van der Waals surface area (Å²) in [6.07, 6.45) is 0. The number of nitrogens with one attached hydrogen (secondary N) is 1. The largest absolute Gasteiger partial charge is 0.492 e. The molecule has 3 rings (SSSR count). The quantitative estimate of drug-likeness (QED) is 0.447. The van der Waals surface area contributed by atoms with Crippen LogP contribution in [0.25, 0.3) is 11.4 Å². The van der Waals surface area contributed by atoms with Gasteiger partial charge in [-0.25, -0.2) is 0 Å². The average molecular weight is 417 g/mol. The number of thioether (sulfide) groups is 1. The van der Waals surface area contributed by atoms with Crippen molar-refractivity contribution in [2.75, 3.05) is 18.9 Å². The number of benzene rings is 2. The van der Waals surface area contributed by atoms with Gasteiger partial charge in [0, 0.05) is 17.6 Å². The molecular weight excluding hydrogens is 396 g/mol. The van der Waals surface area contributed by atoms with Gasteiger partial charge in [-0.1, -0.05) is 47.6 Å². The fourth-order valence-corrected chi connectivity index (χ4v) is 3.44. The van der Waals surface area contributed by atoms with Crippen molar-refractivity contribution in [2.24, 2.45) is 7.05 Å². The van der Waals surface area contributed by atoms with Crippen LogP contribution in [0, 0.1) is 6.92 Å². The van der Waals surface area contributed by atoms with E-state index in [9.17, 15) is 4.79 Å². The number of nitrogens with zero attached hydrogens (tertiary/aromatic N) is 3. The van der Waals surface area contributed by atoms with Crippen LogP contribution in [0.2, 0.25) is 5.02 Å². The first-order valence-electron chi connectivity index (χ1n) is 8.78. The Hall–Kier alpha value is -2.51. The van der Waals surface area contributed by atoms with Crippen molar-refractivity contribution >= 4 is 29.3 Å². The maximum atomic E-state index is 12.1. The lowest BCUT2D eigenvalue weighted by Gasteiger charge is -2.08. The zero-order chi connectivity index (χ0) is 19.9. The molecule has 1 N–H and O–H groups in total. The van der Waals surface area contributed by atoms with Gasteiger partial charge in [0.1, 0.15) is 12.4 Å². The van der Waals surface area contributed by atoms with Crippen molar-refractivity contribution in [3.8, 4) is 17.1 Å². The summed E-state index contributed by atoms with van der Waals surface area (Å²) in [5.41, 5.74) is 2.17. The number of aryl methyl sites for hydroxylation is 1. The first kappa shape index (κ1) is 20.2. The molecule has 0 unspecified atom stereocenters. The van der Waals surface area contributed by atoms with Crippen molar-refractivity contribution in [3.05, 3.63) is 59.1 Å². The summed E-state index contributed by atoms with van der Waals surface area (Å²) in [5.74, 6) is 1.69. The fraction of sp³-hybridized carbons (Fsp3) is 0.250. The van der Waals surface area contributed by atoms with Gasteiger partial charge in [-0.05, 0) is 36.8 Å². The molecule has 0 spiro atoms. The Morgan fingerprint density at radius 2 is 1.93 bits per heavy atom. The summed E-state index contributed by atoms with van der Waals surface area (Å²) < 4.78 is 7.46. The molecule has 28 heavy (non-hydrogen) atoms. The molecular formula is C20H21ClN4O2S. The molecule has 0 bridgehead atoms. The van der Waals surface area contributed by atoms with E-state index >= 15 is 0 Å². The van der Waals surface area contributed by atoms with E-state index < -0.39 is 0 Å². The number of amides is 1. The minimum absolute atomic E-state index is 0.0786. The first-order chi connectivity index (χ1) is 13.5. The van der Waals surface area contributed by atoms with E-state index in [0.29, 0.717) is 23.3 Å². The summed E-state index contributed by atoms with van der Waals surface area (Å²) in [5, 5.41) is 12.7. The number of halogens is 1. The highest BCUT2D eigenvalue weighted by atomic mass is 35.5. The predicted molar refractivity (Wildman–Crippen MR) is 112 cm³/mol. The second-order valence-electron chi connectivity index (χ2n) is 6.12. The third-order valence-corrected chi connectivity index (χ3v) is 5.33. The topological polar surface area (TPSA) is 69.0 Å². The lowest BCUT2D eigenvalue weighted by Crippen LogP contribution is -2.29. The van der Waals surface area contributed by atoms with Gasteiger partial charge in [-0.3, -0.25) is 4.79 Å². The third-order valence-electron chi connectivity index (χ3n) is 4.06. The van der Waals surface area contributed by atoms with Gasteiger partial charge in [-0.15, -0.1) is 10.2 Å². The van der Waals surface area contributed by atoms with E-state index in [1.165, 1.54) is 11.8 Å². The number of hydrogen-bond donors (Lipinski definition) is 1. The highest BCUT2D eigenvalue weighted by molar-refractivity contribution is 7.99. The Morgan fingerprint density at radius 3 is 2.68 bits per heavy atom. The van der Waals surface area contributed by atoms with E-state index in [-0.39, 0.29) is 11.7 Å². The van der Waals surface area contributed by atoms with Crippen LogP contribution in [-0.4, -0.2) is 39.6 Å². The van der Waals surface area contributed by atoms with Gasteiger partial charge < -0.3 is 14.6 Å². The summed E-state index contributed by atoms with van der Waals surface area (Å²) in [4.78, 5) is 12.1. The average Bonchev–Trinajstić information content (AvgIpc) is 3.06. The van der Waals surface area contributed by atoms with E-state index in [0.717, 1.165) is 22.7 Å². The smallest absolute Gasteiger partial charge is 0.230 e. The Bertz CT molecular complexity index is 944. The van der Waals surface area contributed by atoms with Crippen LogP contribution in [-0.2, 0) is 11.8 Å². The fourth-order valence-electron chi connectivity index (χ4n) is 2.57. The Morgan fingerprint density at radius 1 is 1.18 bits per heavy atom. The molecule has 0 fully saturated rings.